The number of benzene rings is 1. The van der Waals surface area contributed by atoms with Crippen LogP contribution in [0.5, 0.6) is 0 Å². The molecule has 1 aliphatic heterocycles. The van der Waals surface area contributed by atoms with Gasteiger partial charge in [-0.2, -0.15) is 0 Å². The van der Waals surface area contributed by atoms with Gasteiger partial charge in [-0.3, -0.25) is 9.69 Å². The molecule has 1 aromatic carbocycles. The lowest BCUT2D eigenvalue weighted by molar-refractivity contribution is -0.123. The number of carbonyl (C=O) groups is 1. The third-order valence-electron chi connectivity index (χ3n) is 3.30. The molecule has 0 N–H and O–H groups in total. The quantitative estimate of drug-likeness (QED) is 0.591. The van der Waals surface area contributed by atoms with Crippen molar-refractivity contribution in [1.29, 1.82) is 0 Å². The van der Waals surface area contributed by atoms with E-state index in [1.54, 1.807) is 17.0 Å². The summed E-state index contributed by atoms with van der Waals surface area (Å²) in [5.74, 6) is -0.0731. The standard InChI is InChI=1S/C16H13ClN2OS2/c1-9(2)19-15(20)14(22-16(19)21)8-10-7-12(17)11-5-3-4-6-13(11)18-10/h3-9H,1-2H3/b14-8-. The van der Waals surface area contributed by atoms with E-state index in [0.717, 1.165) is 10.9 Å². The minimum absolute atomic E-state index is 0.0477. The van der Waals surface area contributed by atoms with Crippen LogP contribution in [0.15, 0.2) is 35.2 Å². The predicted octanol–water partition coefficient (Wildman–Crippen LogP) is 4.50. The van der Waals surface area contributed by atoms with Crippen molar-refractivity contribution in [3.05, 3.63) is 46.0 Å². The van der Waals surface area contributed by atoms with E-state index in [4.69, 9.17) is 23.8 Å². The zero-order valence-corrected chi connectivity index (χ0v) is 14.4. The Balaban J connectivity index is 2.03. The molecule has 1 aromatic heterocycles. The number of amides is 1. The molecule has 0 bridgehead atoms. The second-order valence-electron chi connectivity index (χ2n) is 5.19. The number of hydrogen-bond acceptors (Lipinski definition) is 4. The third kappa shape index (κ3) is 2.76. The molecule has 3 rings (SSSR count). The van der Waals surface area contributed by atoms with Crippen molar-refractivity contribution in [3.63, 3.8) is 0 Å². The minimum atomic E-state index is -0.0731. The number of fused-ring (bicyclic) bond motifs is 1. The zero-order chi connectivity index (χ0) is 15.9. The summed E-state index contributed by atoms with van der Waals surface area (Å²) in [6, 6.07) is 9.47. The van der Waals surface area contributed by atoms with E-state index in [9.17, 15) is 4.79 Å². The van der Waals surface area contributed by atoms with Gasteiger partial charge in [0.1, 0.15) is 4.32 Å². The van der Waals surface area contributed by atoms with Gasteiger partial charge >= 0.3 is 0 Å². The van der Waals surface area contributed by atoms with E-state index in [2.05, 4.69) is 4.98 Å². The molecule has 1 fully saturated rings. The van der Waals surface area contributed by atoms with E-state index in [1.807, 2.05) is 38.1 Å². The first-order valence-corrected chi connectivity index (χ1v) is 8.40. The summed E-state index contributed by atoms with van der Waals surface area (Å²) in [7, 11) is 0. The van der Waals surface area contributed by atoms with Crippen molar-refractivity contribution in [3.8, 4) is 0 Å². The second-order valence-corrected chi connectivity index (χ2v) is 7.27. The highest BCUT2D eigenvalue weighted by atomic mass is 35.5. The molecule has 0 radical (unpaired) electrons. The van der Waals surface area contributed by atoms with Gasteiger partial charge in [0.15, 0.2) is 0 Å². The molecule has 0 unspecified atom stereocenters. The summed E-state index contributed by atoms with van der Waals surface area (Å²) < 4.78 is 0.582. The lowest BCUT2D eigenvalue weighted by Crippen LogP contribution is -2.34. The lowest BCUT2D eigenvalue weighted by Gasteiger charge is -2.18. The van der Waals surface area contributed by atoms with E-state index in [0.29, 0.717) is 19.9 Å². The number of thioether (sulfide) groups is 1. The van der Waals surface area contributed by atoms with Crippen molar-refractivity contribution in [1.82, 2.24) is 9.88 Å². The molecule has 0 atom stereocenters. The van der Waals surface area contributed by atoms with Crippen LogP contribution in [0, 0.1) is 0 Å². The van der Waals surface area contributed by atoms with Crippen LogP contribution in [0.4, 0.5) is 0 Å². The number of pyridine rings is 1. The molecule has 3 nitrogen and oxygen atoms in total. The van der Waals surface area contributed by atoms with Crippen LogP contribution >= 0.6 is 35.6 Å². The summed E-state index contributed by atoms with van der Waals surface area (Å²) in [6.45, 7) is 3.89. The highest BCUT2D eigenvalue weighted by Crippen LogP contribution is 2.34. The number of rotatable bonds is 2. The number of aromatic nitrogens is 1. The van der Waals surface area contributed by atoms with Crippen LogP contribution in [0.3, 0.4) is 0 Å². The Kier molecular flexibility index (Phi) is 4.21. The number of carbonyl (C=O) groups excluding carboxylic acids is 1. The normalized spacial score (nSPS) is 17.3. The fraction of sp³-hybridized carbons (Fsp3) is 0.188. The van der Waals surface area contributed by atoms with Crippen molar-refractivity contribution < 1.29 is 4.79 Å². The topological polar surface area (TPSA) is 33.2 Å². The summed E-state index contributed by atoms with van der Waals surface area (Å²) in [5.41, 5.74) is 1.47. The molecule has 1 amide bonds. The van der Waals surface area contributed by atoms with Gasteiger partial charge in [0.05, 0.1) is 21.1 Å². The molecule has 112 valence electrons. The molecular weight excluding hydrogens is 336 g/mol. The maximum atomic E-state index is 12.4. The minimum Gasteiger partial charge on any atom is -0.290 e. The average molecular weight is 349 g/mol. The van der Waals surface area contributed by atoms with Crippen LogP contribution in [-0.4, -0.2) is 26.2 Å². The number of halogens is 1. The van der Waals surface area contributed by atoms with Crippen molar-refractivity contribution in [2.45, 2.75) is 19.9 Å². The van der Waals surface area contributed by atoms with Crippen LogP contribution in [0.1, 0.15) is 19.5 Å². The monoisotopic (exact) mass is 348 g/mol. The molecule has 22 heavy (non-hydrogen) atoms. The van der Waals surface area contributed by atoms with E-state index in [-0.39, 0.29) is 11.9 Å². The van der Waals surface area contributed by atoms with Gasteiger partial charge in [-0.15, -0.1) is 0 Å². The van der Waals surface area contributed by atoms with Gasteiger partial charge in [0, 0.05) is 11.4 Å². The molecule has 2 heterocycles. The smallest absolute Gasteiger partial charge is 0.266 e. The molecule has 0 saturated carbocycles. The number of nitrogens with zero attached hydrogens (tertiary/aromatic N) is 2. The Hall–Kier alpha value is -1.43. The molecule has 2 aromatic rings. The summed E-state index contributed by atoms with van der Waals surface area (Å²) in [5, 5.41) is 1.52. The van der Waals surface area contributed by atoms with Crippen molar-refractivity contribution in [2.24, 2.45) is 0 Å². The maximum Gasteiger partial charge on any atom is 0.266 e. The number of para-hydroxylation sites is 1. The fourth-order valence-corrected chi connectivity index (χ4v) is 4.07. The Labute approximate surface area is 143 Å². The SMILES string of the molecule is CC(C)N1C(=O)/C(=C/c2cc(Cl)c3ccccc3n2)SC1=S. The van der Waals surface area contributed by atoms with Gasteiger partial charge in [-0.05, 0) is 32.1 Å². The van der Waals surface area contributed by atoms with Crippen LogP contribution in [-0.2, 0) is 4.79 Å². The van der Waals surface area contributed by atoms with Gasteiger partial charge in [-0.1, -0.05) is 53.8 Å². The molecule has 1 aliphatic rings. The maximum absolute atomic E-state index is 12.4. The van der Waals surface area contributed by atoms with Gasteiger partial charge in [-0.25, -0.2) is 4.98 Å². The molecular formula is C16H13ClN2OS2. The Bertz CT molecular complexity index is 817. The first kappa shape index (κ1) is 15.5. The van der Waals surface area contributed by atoms with E-state index in [1.165, 1.54) is 11.8 Å². The highest BCUT2D eigenvalue weighted by Gasteiger charge is 2.33. The van der Waals surface area contributed by atoms with Crippen molar-refractivity contribution in [2.75, 3.05) is 0 Å². The summed E-state index contributed by atoms with van der Waals surface area (Å²) >= 11 is 12.9. The number of thiocarbonyl (C=S) groups is 1. The lowest BCUT2D eigenvalue weighted by atomic mass is 10.2. The summed E-state index contributed by atoms with van der Waals surface area (Å²) in [6.07, 6.45) is 1.75. The molecule has 0 spiro atoms. The van der Waals surface area contributed by atoms with Crippen LogP contribution in [0.2, 0.25) is 5.02 Å². The first-order chi connectivity index (χ1) is 10.5. The highest BCUT2D eigenvalue weighted by molar-refractivity contribution is 8.26. The van der Waals surface area contributed by atoms with Gasteiger partial charge < -0.3 is 0 Å². The first-order valence-electron chi connectivity index (χ1n) is 6.79. The van der Waals surface area contributed by atoms with Gasteiger partial charge in [0.25, 0.3) is 5.91 Å². The Morgan fingerprint density at radius 3 is 2.77 bits per heavy atom. The van der Waals surface area contributed by atoms with Crippen LogP contribution in [0.25, 0.3) is 17.0 Å². The Morgan fingerprint density at radius 2 is 2.09 bits per heavy atom. The average Bonchev–Trinajstić information content (AvgIpc) is 2.73. The predicted molar refractivity (Wildman–Crippen MR) is 96.9 cm³/mol. The third-order valence-corrected chi connectivity index (χ3v) is 4.95. The second kappa shape index (κ2) is 5.99. The van der Waals surface area contributed by atoms with Crippen molar-refractivity contribution >= 4 is 62.8 Å². The van der Waals surface area contributed by atoms with Crippen LogP contribution < -0.4 is 0 Å². The largest absolute Gasteiger partial charge is 0.290 e. The Morgan fingerprint density at radius 1 is 1.36 bits per heavy atom. The molecule has 1 saturated heterocycles. The summed E-state index contributed by atoms with van der Waals surface area (Å²) in [4.78, 5) is 19.1. The van der Waals surface area contributed by atoms with Gasteiger partial charge in [0.2, 0.25) is 0 Å². The molecule has 0 aliphatic carbocycles. The number of hydrogen-bond donors (Lipinski definition) is 0. The molecule has 6 heteroatoms. The zero-order valence-electron chi connectivity index (χ0n) is 12.0. The fourth-order valence-electron chi connectivity index (χ4n) is 2.29. The van der Waals surface area contributed by atoms with E-state index < -0.39 is 0 Å². The van der Waals surface area contributed by atoms with E-state index >= 15 is 0 Å².